The number of ether oxygens (including phenoxy) is 1. The van der Waals surface area contributed by atoms with Gasteiger partial charge in [0.2, 0.25) is 0 Å². The van der Waals surface area contributed by atoms with Crippen LogP contribution in [0.3, 0.4) is 0 Å². The van der Waals surface area contributed by atoms with Gasteiger partial charge in [0, 0.05) is 12.6 Å². The van der Waals surface area contributed by atoms with Crippen molar-refractivity contribution in [3.63, 3.8) is 0 Å². The Kier molecular flexibility index (Phi) is 4.12. The van der Waals surface area contributed by atoms with Crippen molar-refractivity contribution in [2.24, 2.45) is 0 Å². The summed E-state index contributed by atoms with van der Waals surface area (Å²) in [6, 6.07) is 9.69. The molecule has 1 aromatic rings. The lowest BCUT2D eigenvalue weighted by atomic mass is 9.97. The molecule has 0 aromatic heterocycles. The summed E-state index contributed by atoms with van der Waals surface area (Å²) >= 11 is 0. The Labute approximate surface area is 101 Å². The molecule has 0 amide bonds. The summed E-state index contributed by atoms with van der Waals surface area (Å²) in [5.74, 6) is 0. The summed E-state index contributed by atoms with van der Waals surface area (Å²) in [6.07, 6.45) is -1.86. The molecule has 3 N–H and O–H groups in total. The molecule has 1 heterocycles. The lowest BCUT2D eigenvalue weighted by Gasteiger charge is -2.37. The van der Waals surface area contributed by atoms with Crippen molar-refractivity contribution in [2.45, 2.75) is 37.9 Å². The van der Waals surface area contributed by atoms with E-state index < -0.39 is 18.3 Å². The van der Waals surface area contributed by atoms with Gasteiger partial charge in [0.1, 0.15) is 6.10 Å². The minimum absolute atomic E-state index is 0.0563. The number of piperidine rings is 1. The molecule has 4 heteroatoms. The lowest BCUT2D eigenvalue weighted by molar-refractivity contribution is -0.131. The van der Waals surface area contributed by atoms with Gasteiger partial charge in [0.25, 0.3) is 0 Å². The first kappa shape index (κ1) is 12.5. The first-order valence-corrected chi connectivity index (χ1v) is 5.93. The third kappa shape index (κ3) is 3.04. The summed E-state index contributed by atoms with van der Waals surface area (Å²) < 4.78 is 5.62. The summed E-state index contributed by atoms with van der Waals surface area (Å²) in [5.41, 5.74) is 1.04. The largest absolute Gasteiger partial charge is 0.389 e. The number of hydrogen-bond acceptors (Lipinski definition) is 4. The molecular formula is C13H19NO3. The van der Waals surface area contributed by atoms with Gasteiger partial charge in [-0.3, -0.25) is 0 Å². The van der Waals surface area contributed by atoms with Gasteiger partial charge in [-0.1, -0.05) is 30.3 Å². The molecule has 1 aliphatic heterocycles. The predicted molar refractivity (Wildman–Crippen MR) is 64.5 cm³/mol. The van der Waals surface area contributed by atoms with Crippen molar-refractivity contribution >= 4 is 0 Å². The smallest absolute Gasteiger partial charge is 0.112 e. The Morgan fingerprint density at radius 2 is 2.00 bits per heavy atom. The van der Waals surface area contributed by atoms with Crippen LogP contribution in [0.1, 0.15) is 12.5 Å². The number of aliphatic hydroxyl groups is 2. The number of rotatable bonds is 3. The van der Waals surface area contributed by atoms with E-state index in [2.05, 4.69) is 5.32 Å². The van der Waals surface area contributed by atoms with Crippen LogP contribution in [0.15, 0.2) is 30.3 Å². The van der Waals surface area contributed by atoms with Gasteiger partial charge in [0.15, 0.2) is 0 Å². The quantitative estimate of drug-likeness (QED) is 0.707. The molecular weight excluding hydrogens is 218 g/mol. The van der Waals surface area contributed by atoms with Crippen LogP contribution in [-0.4, -0.2) is 41.1 Å². The van der Waals surface area contributed by atoms with Crippen LogP contribution in [-0.2, 0) is 11.3 Å². The van der Waals surface area contributed by atoms with Gasteiger partial charge in [-0.25, -0.2) is 0 Å². The first-order chi connectivity index (χ1) is 8.18. The van der Waals surface area contributed by atoms with Crippen molar-refractivity contribution < 1.29 is 14.9 Å². The fourth-order valence-corrected chi connectivity index (χ4v) is 2.03. The second kappa shape index (κ2) is 5.60. The number of hydrogen-bond donors (Lipinski definition) is 3. The monoisotopic (exact) mass is 237 g/mol. The van der Waals surface area contributed by atoms with E-state index in [1.807, 2.05) is 37.3 Å². The summed E-state index contributed by atoms with van der Waals surface area (Å²) in [5, 5.41) is 22.8. The zero-order valence-corrected chi connectivity index (χ0v) is 9.91. The molecule has 94 valence electrons. The zero-order valence-electron chi connectivity index (χ0n) is 9.91. The van der Waals surface area contributed by atoms with E-state index in [0.29, 0.717) is 13.2 Å². The Morgan fingerprint density at radius 3 is 2.71 bits per heavy atom. The molecule has 1 saturated heterocycles. The van der Waals surface area contributed by atoms with Gasteiger partial charge < -0.3 is 20.3 Å². The van der Waals surface area contributed by atoms with E-state index >= 15 is 0 Å². The molecule has 0 saturated carbocycles. The number of benzene rings is 1. The van der Waals surface area contributed by atoms with Gasteiger partial charge >= 0.3 is 0 Å². The van der Waals surface area contributed by atoms with E-state index in [-0.39, 0.29) is 6.04 Å². The van der Waals surface area contributed by atoms with Crippen LogP contribution in [0.2, 0.25) is 0 Å². The Hall–Kier alpha value is -0.940. The fraction of sp³-hybridized carbons (Fsp3) is 0.538. The molecule has 0 spiro atoms. The lowest BCUT2D eigenvalue weighted by Crippen LogP contribution is -2.59. The molecule has 1 aliphatic rings. The molecule has 2 rings (SSSR count). The second-order valence-corrected chi connectivity index (χ2v) is 4.52. The fourth-order valence-electron chi connectivity index (χ4n) is 2.03. The third-order valence-corrected chi connectivity index (χ3v) is 3.16. The van der Waals surface area contributed by atoms with Crippen molar-refractivity contribution in [3.05, 3.63) is 35.9 Å². The average Bonchev–Trinajstić information content (AvgIpc) is 2.35. The van der Waals surface area contributed by atoms with Crippen molar-refractivity contribution in [2.75, 3.05) is 6.54 Å². The first-order valence-electron chi connectivity index (χ1n) is 5.93. The molecule has 17 heavy (non-hydrogen) atoms. The van der Waals surface area contributed by atoms with Crippen LogP contribution in [0.4, 0.5) is 0 Å². The average molecular weight is 237 g/mol. The standard InChI is InChI=1S/C13H19NO3/c1-9-12(16)13(11(15)7-14-9)17-8-10-5-3-2-4-6-10/h2-6,9,11-16H,7-8H2,1H3/t9-,11+,12+,13-/m0/s1. The zero-order chi connectivity index (χ0) is 12.3. The highest BCUT2D eigenvalue weighted by atomic mass is 16.5. The molecule has 1 fully saturated rings. The Bertz CT molecular complexity index is 344. The van der Waals surface area contributed by atoms with Gasteiger partial charge in [-0.2, -0.15) is 0 Å². The van der Waals surface area contributed by atoms with E-state index in [1.54, 1.807) is 0 Å². The Balaban J connectivity index is 1.93. The van der Waals surface area contributed by atoms with Crippen molar-refractivity contribution in [1.29, 1.82) is 0 Å². The minimum Gasteiger partial charge on any atom is -0.389 e. The van der Waals surface area contributed by atoms with Crippen LogP contribution in [0, 0.1) is 0 Å². The second-order valence-electron chi connectivity index (χ2n) is 4.52. The summed E-state index contributed by atoms with van der Waals surface area (Å²) in [6.45, 7) is 2.75. The van der Waals surface area contributed by atoms with E-state index in [9.17, 15) is 10.2 Å². The molecule has 0 aliphatic carbocycles. The van der Waals surface area contributed by atoms with E-state index in [1.165, 1.54) is 0 Å². The topological polar surface area (TPSA) is 61.7 Å². The van der Waals surface area contributed by atoms with Crippen molar-refractivity contribution in [3.8, 4) is 0 Å². The van der Waals surface area contributed by atoms with Gasteiger partial charge in [0.05, 0.1) is 18.8 Å². The Morgan fingerprint density at radius 1 is 1.29 bits per heavy atom. The number of nitrogens with one attached hydrogen (secondary N) is 1. The van der Waals surface area contributed by atoms with Gasteiger partial charge in [-0.05, 0) is 12.5 Å². The van der Waals surface area contributed by atoms with Crippen LogP contribution < -0.4 is 5.32 Å². The molecule has 0 bridgehead atoms. The molecule has 1 aromatic carbocycles. The number of aliphatic hydroxyl groups excluding tert-OH is 2. The highest BCUT2D eigenvalue weighted by Gasteiger charge is 2.35. The van der Waals surface area contributed by atoms with Crippen LogP contribution in [0.5, 0.6) is 0 Å². The summed E-state index contributed by atoms with van der Waals surface area (Å²) in [4.78, 5) is 0. The third-order valence-electron chi connectivity index (χ3n) is 3.16. The molecule has 4 atom stereocenters. The highest BCUT2D eigenvalue weighted by Crippen LogP contribution is 2.16. The summed E-state index contributed by atoms with van der Waals surface area (Å²) in [7, 11) is 0. The van der Waals surface area contributed by atoms with E-state index in [0.717, 1.165) is 5.56 Å². The normalized spacial score (nSPS) is 33.6. The minimum atomic E-state index is -0.678. The maximum atomic E-state index is 9.94. The SMILES string of the molecule is C[C@@H]1NC[C@@H](O)[C@H](OCc2ccccc2)[C@@H]1O. The van der Waals surface area contributed by atoms with Gasteiger partial charge in [-0.15, -0.1) is 0 Å². The maximum absolute atomic E-state index is 9.94. The molecule has 0 radical (unpaired) electrons. The highest BCUT2D eigenvalue weighted by molar-refractivity contribution is 5.13. The maximum Gasteiger partial charge on any atom is 0.112 e. The predicted octanol–water partition coefficient (Wildman–Crippen LogP) is 0.285. The van der Waals surface area contributed by atoms with Crippen molar-refractivity contribution in [1.82, 2.24) is 5.32 Å². The molecule has 0 unspecified atom stereocenters. The molecule has 4 nitrogen and oxygen atoms in total. The van der Waals surface area contributed by atoms with Crippen LogP contribution in [0.25, 0.3) is 0 Å². The number of β-amino-alcohol motifs (C(OH)–C–C–N with tert-alkyl or cyclic N) is 1. The van der Waals surface area contributed by atoms with E-state index in [4.69, 9.17) is 4.74 Å². The van der Waals surface area contributed by atoms with Crippen LogP contribution >= 0.6 is 0 Å².